The maximum Gasteiger partial charge on any atom is 0.256 e. The van der Waals surface area contributed by atoms with Crippen molar-refractivity contribution in [1.82, 2.24) is 19.9 Å². The largest absolute Gasteiger partial charge is 0.337 e. The van der Waals surface area contributed by atoms with Crippen LogP contribution in [0.4, 0.5) is 5.95 Å². The summed E-state index contributed by atoms with van der Waals surface area (Å²) in [5.41, 5.74) is 0.639. The zero-order valence-corrected chi connectivity index (χ0v) is 17.4. The molecule has 142 valence electrons. The molecule has 4 rings (SSSR count). The Bertz CT molecular complexity index is 946. The minimum absolute atomic E-state index is 0.0151. The van der Waals surface area contributed by atoms with Gasteiger partial charge in [-0.2, -0.15) is 0 Å². The zero-order valence-electron chi connectivity index (χ0n) is 15.0. The van der Waals surface area contributed by atoms with Crippen LogP contribution in [0.25, 0.3) is 0 Å². The predicted octanol–water partition coefficient (Wildman–Crippen LogP) is 3.75. The first-order valence-corrected chi connectivity index (χ1v) is 10.5. The third-order valence-corrected chi connectivity index (χ3v) is 5.99. The van der Waals surface area contributed by atoms with Crippen molar-refractivity contribution in [2.75, 3.05) is 31.1 Å². The Morgan fingerprint density at radius 1 is 0.893 bits per heavy atom. The second kappa shape index (κ2) is 8.70. The second-order valence-electron chi connectivity index (χ2n) is 6.24. The minimum Gasteiger partial charge on any atom is -0.337 e. The summed E-state index contributed by atoms with van der Waals surface area (Å²) in [5.74, 6) is 0.726. The number of pyridine rings is 1. The molecule has 1 aromatic carbocycles. The molecule has 3 heterocycles. The van der Waals surface area contributed by atoms with Crippen molar-refractivity contribution < 1.29 is 4.79 Å². The molecule has 28 heavy (non-hydrogen) atoms. The molecule has 0 saturated carbocycles. The van der Waals surface area contributed by atoms with E-state index in [-0.39, 0.29) is 5.91 Å². The summed E-state index contributed by atoms with van der Waals surface area (Å²) in [4.78, 5) is 31.2. The Hall–Kier alpha value is -2.45. The van der Waals surface area contributed by atoms with E-state index in [1.165, 1.54) is 11.8 Å². The number of anilines is 1. The molecule has 0 N–H and O–H groups in total. The number of hydrogen-bond donors (Lipinski definition) is 0. The van der Waals surface area contributed by atoms with Gasteiger partial charge >= 0.3 is 0 Å². The van der Waals surface area contributed by atoms with Crippen molar-refractivity contribution in [1.29, 1.82) is 0 Å². The van der Waals surface area contributed by atoms with Gasteiger partial charge in [-0.05, 0) is 42.5 Å². The van der Waals surface area contributed by atoms with E-state index in [9.17, 15) is 4.79 Å². The van der Waals surface area contributed by atoms with Gasteiger partial charge in [-0.3, -0.25) is 4.79 Å². The fraction of sp³-hybridized carbons (Fsp3) is 0.200. The van der Waals surface area contributed by atoms with E-state index >= 15 is 0 Å². The first-order valence-electron chi connectivity index (χ1n) is 8.90. The van der Waals surface area contributed by atoms with Crippen molar-refractivity contribution in [2.24, 2.45) is 0 Å². The Labute approximate surface area is 176 Å². The number of nitrogens with zero attached hydrogens (tertiary/aromatic N) is 5. The Kier molecular flexibility index (Phi) is 5.87. The average Bonchev–Trinajstić information content (AvgIpc) is 2.76. The van der Waals surface area contributed by atoms with Gasteiger partial charge in [-0.1, -0.05) is 27.7 Å². The molecule has 0 spiro atoms. The van der Waals surface area contributed by atoms with Gasteiger partial charge < -0.3 is 9.80 Å². The molecule has 1 aliphatic heterocycles. The SMILES string of the molecule is O=C(c1cccnc1Sc1ccc(Br)cc1)N1CCN(c2ncccn2)CC1. The van der Waals surface area contributed by atoms with E-state index in [4.69, 9.17) is 0 Å². The van der Waals surface area contributed by atoms with Gasteiger partial charge in [0, 0.05) is 54.1 Å². The molecular formula is C20H18BrN5OS. The van der Waals surface area contributed by atoms with Crippen LogP contribution in [0, 0.1) is 0 Å². The van der Waals surface area contributed by atoms with Gasteiger partial charge in [0.05, 0.1) is 5.56 Å². The average molecular weight is 456 g/mol. The van der Waals surface area contributed by atoms with Crippen LogP contribution in [0.1, 0.15) is 10.4 Å². The predicted molar refractivity (Wildman–Crippen MR) is 113 cm³/mol. The number of amides is 1. The number of carbonyl (C=O) groups excluding carboxylic acids is 1. The molecule has 0 bridgehead atoms. The van der Waals surface area contributed by atoms with E-state index in [2.05, 4.69) is 35.8 Å². The van der Waals surface area contributed by atoms with Gasteiger partial charge in [0.25, 0.3) is 5.91 Å². The number of aromatic nitrogens is 3. The fourth-order valence-electron chi connectivity index (χ4n) is 2.98. The molecule has 1 fully saturated rings. The van der Waals surface area contributed by atoms with Crippen LogP contribution in [0.2, 0.25) is 0 Å². The molecule has 3 aromatic rings. The molecule has 8 heteroatoms. The third kappa shape index (κ3) is 4.34. The normalized spacial score (nSPS) is 14.2. The van der Waals surface area contributed by atoms with Crippen molar-refractivity contribution in [2.45, 2.75) is 9.92 Å². The lowest BCUT2D eigenvalue weighted by molar-refractivity contribution is 0.0742. The van der Waals surface area contributed by atoms with E-state index in [0.717, 1.165) is 14.4 Å². The maximum absolute atomic E-state index is 13.1. The Morgan fingerprint density at radius 2 is 1.57 bits per heavy atom. The van der Waals surface area contributed by atoms with Crippen molar-refractivity contribution in [3.05, 3.63) is 71.1 Å². The van der Waals surface area contributed by atoms with E-state index in [1.54, 1.807) is 24.7 Å². The molecule has 1 aliphatic rings. The Balaban J connectivity index is 1.46. The van der Waals surface area contributed by atoms with Crippen molar-refractivity contribution in [3.63, 3.8) is 0 Å². The molecule has 6 nitrogen and oxygen atoms in total. The second-order valence-corrected chi connectivity index (χ2v) is 8.22. The molecule has 0 unspecified atom stereocenters. The van der Waals surface area contributed by atoms with Crippen LogP contribution in [-0.4, -0.2) is 51.9 Å². The number of halogens is 1. The van der Waals surface area contributed by atoms with Crippen LogP contribution in [0.15, 0.2) is 75.4 Å². The first-order chi connectivity index (χ1) is 13.7. The smallest absolute Gasteiger partial charge is 0.256 e. The van der Waals surface area contributed by atoms with Crippen LogP contribution in [0.3, 0.4) is 0 Å². The number of benzene rings is 1. The first kappa shape index (κ1) is 18.9. The minimum atomic E-state index is 0.0151. The topological polar surface area (TPSA) is 62.2 Å². The number of piperazine rings is 1. The van der Waals surface area contributed by atoms with Crippen molar-refractivity contribution >= 4 is 39.5 Å². The van der Waals surface area contributed by atoms with Crippen LogP contribution in [0.5, 0.6) is 0 Å². The number of hydrogen-bond acceptors (Lipinski definition) is 6. The van der Waals surface area contributed by atoms with Crippen LogP contribution in [-0.2, 0) is 0 Å². The lowest BCUT2D eigenvalue weighted by atomic mass is 10.2. The molecule has 0 atom stereocenters. The van der Waals surface area contributed by atoms with E-state index in [1.807, 2.05) is 41.3 Å². The maximum atomic E-state index is 13.1. The molecule has 0 radical (unpaired) electrons. The van der Waals surface area contributed by atoms with Gasteiger partial charge in [0.2, 0.25) is 5.95 Å². The summed E-state index contributed by atoms with van der Waals surface area (Å²) in [6.07, 6.45) is 5.20. The zero-order chi connectivity index (χ0) is 19.3. The number of rotatable bonds is 4. The molecule has 2 aromatic heterocycles. The Morgan fingerprint density at radius 3 is 2.29 bits per heavy atom. The summed E-state index contributed by atoms with van der Waals surface area (Å²) in [5, 5.41) is 0.726. The molecular weight excluding hydrogens is 438 g/mol. The summed E-state index contributed by atoms with van der Waals surface area (Å²) in [6.45, 7) is 2.69. The summed E-state index contributed by atoms with van der Waals surface area (Å²) < 4.78 is 1.02. The standard InChI is InChI=1S/C20H18BrN5OS/c21-15-4-6-16(7-5-15)28-18-17(3-1-8-22-18)19(27)25-11-13-26(14-12-25)20-23-9-2-10-24-20/h1-10H,11-14H2. The summed E-state index contributed by atoms with van der Waals surface area (Å²) in [6, 6.07) is 13.5. The third-order valence-electron chi connectivity index (χ3n) is 4.43. The van der Waals surface area contributed by atoms with Crippen LogP contribution < -0.4 is 4.90 Å². The molecule has 0 aliphatic carbocycles. The van der Waals surface area contributed by atoms with Crippen LogP contribution >= 0.6 is 27.7 Å². The van der Waals surface area contributed by atoms with Gasteiger partial charge in [0.1, 0.15) is 5.03 Å². The lowest BCUT2D eigenvalue weighted by Crippen LogP contribution is -2.49. The van der Waals surface area contributed by atoms with E-state index < -0.39 is 0 Å². The monoisotopic (exact) mass is 455 g/mol. The lowest BCUT2D eigenvalue weighted by Gasteiger charge is -2.34. The highest BCUT2D eigenvalue weighted by Gasteiger charge is 2.25. The molecule has 1 amide bonds. The highest BCUT2D eigenvalue weighted by molar-refractivity contribution is 9.10. The van der Waals surface area contributed by atoms with Gasteiger partial charge in [-0.15, -0.1) is 0 Å². The van der Waals surface area contributed by atoms with E-state index in [0.29, 0.717) is 37.7 Å². The fourth-order valence-corrected chi connectivity index (χ4v) is 4.12. The summed E-state index contributed by atoms with van der Waals surface area (Å²) in [7, 11) is 0. The van der Waals surface area contributed by atoms with Gasteiger partial charge in [0.15, 0.2) is 0 Å². The van der Waals surface area contributed by atoms with Gasteiger partial charge in [-0.25, -0.2) is 15.0 Å². The quantitative estimate of drug-likeness (QED) is 0.596. The highest BCUT2D eigenvalue weighted by atomic mass is 79.9. The highest BCUT2D eigenvalue weighted by Crippen LogP contribution is 2.30. The summed E-state index contributed by atoms with van der Waals surface area (Å²) >= 11 is 4.95. The number of carbonyl (C=O) groups is 1. The molecule has 1 saturated heterocycles. The van der Waals surface area contributed by atoms with Crippen molar-refractivity contribution in [3.8, 4) is 0 Å².